The van der Waals surface area contributed by atoms with E-state index in [1.54, 1.807) is 12.1 Å². The van der Waals surface area contributed by atoms with Gasteiger partial charge >= 0.3 is 0 Å². The van der Waals surface area contributed by atoms with Gasteiger partial charge in [0.25, 0.3) is 5.89 Å². The van der Waals surface area contributed by atoms with Crippen LogP contribution in [0.3, 0.4) is 0 Å². The standard InChI is InChI=1S/C14H13N3O2/c15-8-10-2-1-3-12(6-10)14-16-13(17-19-14)7-11-4-5-18-9-11/h1-3,6,11H,4-5,7,9H2. The Morgan fingerprint density at radius 2 is 2.37 bits per heavy atom. The van der Waals surface area contributed by atoms with E-state index in [-0.39, 0.29) is 0 Å². The molecule has 19 heavy (non-hydrogen) atoms. The third-order valence-corrected chi connectivity index (χ3v) is 3.20. The summed E-state index contributed by atoms with van der Waals surface area (Å²) in [6.07, 6.45) is 1.83. The number of nitriles is 1. The fraction of sp³-hybridized carbons (Fsp3) is 0.357. The van der Waals surface area contributed by atoms with Crippen molar-refractivity contribution in [3.8, 4) is 17.5 Å². The van der Waals surface area contributed by atoms with Crippen molar-refractivity contribution < 1.29 is 9.26 Å². The van der Waals surface area contributed by atoms with Crippen LogP contribution in [-0.4, -0.2) is 23.4 Å². The Morgan fingerprint density at radius 1 is 1.42 bits per heavy atom. The van der Waals surface area contributed by atoms with E-state index in [1.807, 2.05) is 12.1 Å². The van der Waals surface area contributed by atoms with Crippen LogP contribution in [0.1, 0.15) is 17.8 Å². The molecule has 0 aliphatic carbocycles. The zero-order chi connectivity index (χ0) is 13.1. The smallest absolute Gasteiger partial charge is 0.257 e. The molecule has 1 unspecified atom stereocenters. The van der Waals surface area contributed by atoms with E-state index in [4.69, 9.17) is 14.5 Å². The number of benzene rings is 1. The lowest BCUT2D eigenvalue weighted by molar-refractivity contribution is 0.185. The van der Waals surface area contributed by atoms with Crippen LogP contribution >= 0.6 is 0 Å². The fourth-order valence-electron chi connectivity index (χ4n) is 2.18. The number of hydrogen-bond donors (Lipinski definition) is 0. The number of aromatic nitrogens is 2. The third-order valence-electron chi connectivity index (χ3n) is 3.20. The Labute approximate surface area is 110 Å². The van der Waals surface area contributed by atoms with Gasteiger partial charge in [0.1, 0.15) is 0 Å². The summed E-state index contributed by atoms with van der Waals surface area (Å²) in [5.74, 6) is 1.65. The van der Waals surface area contributed by atoms with Gasteiger partial charge in [-0.05, 0) is 30.5 Å². The molecule has 0 spiro atoms. The molecule has 1 aromatic heterocycles. The topological polar surface area (TPSA) is 71.9 Å². The van der Waals surface area contributed by atoms with E-state index in [1.165, 1.54) is 0 Å². The molecule has 3 rings (SSSR count). The number of ether oxygens (including phenoxy) is 1. The Morgan fingerprint density at radius 3 is 3.16 bits per heavy atom. The lowest BCUT2D eigenvalue weighted by atomic mass is 10.1. The van der Waals surface area contributed by atoms with E-state index >= 15 is 0 Å². The van der Waals surface area contributed by atoms with Gasteiger partial charge in [-0.3, -0.25) is 0 Å². The molecule has 1 aliphatic rings. The van der Waals surface area contributed by atoms with Gasteiger partial charge in [0.15, 0.2) is 5.82 Å². The first-order chi connectivity index (χ1) is 9.35. The molecule has 1 fully saturated rings. The summed E-state index contributed by atoms with van der Waals surface area (Å²) in [6, 6.07) is 9.26. The van der Waals surface area contributed by atoms with Crippen molar-refractivity contribution in [2.24, 2.45) is 5.92 Å². The van der Waals surface area contributed by atoms with Crippen molar-refractivity contribution in [3.63, 3.8) is 0 Å². The average molecular weight is 255 g/mol. The zero-order valence-electron chi connectivity index (χ0n) is 10.4. The quantitative estimate of drug-likeness (QED) is 0.840. The molecule has 2 heterocycles. The molecule has 0 N–H and O–H groups in total. The van der Waals surface area contributed by atoms with Crippen LogP contribution in [-0.2, 0) is 11.2 Å². The second-order valence-corrected chi connectivity index (χ2v) is 4.64. The second kappa shape index (κ2) is 5.21. The lowest BCUT2D eigenvalue weighted by Crippen LogP contribution is -2.04. The third kappa shape index (κ3) is 2.64. The maximum Gasteiger partial charge on any atom is 0.257 e. The first-order valence-electron chi connectivity index (χ1n) is 6.26. The van der Waals surface area contributed by atoms with Crippen LogP contribution < -0.4 is 0 Å². The van der Waals surface area contributed by atoms with Crippen molar-refractivity contribution in [1.29, 1.82) is 5.26 Å². The molecular formula is C14H13N3O2. The van der Waals surface area contributed by atoms with Crippen molar-refractivity contribution in [3.05, 3.63) is 35.7 Å². The minimum absolute atomic E-state index is 0.464. The Hall–Kier alpha value is -2.19. The minimum Gasteiger partial charge on any atom is -0.381 e. The van der Waals surface area contributed by atoms with Crippen molar-refractivity contribution in [1.82, 2.24) is 10.1 Å². The van der Waals surface area contributed by atoms with Crippen LogP contribution in [0.25, 0.3) is 11.5 Å². The largest absolute Gasteiger partial charge is 0.381 e. The highest BCUT2D eigenvalue weighted by Gasteiger charge is 2.19. The van der Waals surface area contributed by atoms with E-state index in [9.17, 15) is 0 Å². The van der Waals surface area contributed by atoms with Crippen LogP contribution in [0.2, 0.25) is 0 Å². The summed E-state index contributed by atoms with van der Waals surface area (Å²) in [6.45, 7) is 1.59. The van der Waals surface area contributed by atoms with Crippen molar-refractivity contribution in [2.75, 3.05) is 13.2 Å². The molecule has 2 aromatic rings. The van der Waals surface area contributed by atoms with Gasteiger partial charge in [0.2, 0.25) is 0 Å². The first-order valence-corrected chi connectivity index (χ1v) is 6.26. The van der Waals surface area contributed by atoms with Crippen LogP contribution in [0.15, 0.2) is 28.8 Å². The van der Waals surface area contributed by atoms with Crippen molar-refractivity contribution >= 4 is 0 Å². The lowest BCUT2D eigenvalue weighted by Gasteiger charge is -2.00. The van der Waals surface area contributed by atoms with Gasteiger partial charge in [-0.15, -0.1) is 0 Å². The number of nitrogens with zero attached hydrogens (tertiary/aromatic N) is 3. The van der Waals surface area contributed by atoms with Gasteiger partial charge in [-0.2, -0.15) is 10.2 Å². The number of rotatable bonds is 3. The van der Waals surface area contributed by atoms with Gasteiger partial charge in [0.05, 0.1) is 11.6 Å². The van der Waals surface area contributed by atoms with Crippen LogP contribution in [0.4, 0.5) is 0 Å². The molecule has 1 aromatic carbocycles. The Balaban J connectivity index is 1.78. The predicted octanol–water partition coefficient (Wildman–Crippen LogP) is 2.19. The summed E-state index contributed by atoms with van der Waals surface area (Å²) in [4.78, 5) is 4.38. The summed E-state index contributed by atoms with van der Waals surface area (Å²) in [5.41, 5.74) is 1.36. The van der Waals surface area contributed by atoms with E-state index in [0.717, 1.165) is 31.6 Å². The van der Waals surface area contributed by atoms with Gasteiger partial charge in [-0.25, -0.2) is 0 Å². The number of hydrogen-bond acceptors (Lipinski definition) is 5. The Kier molecular flexibility index (Phi) is 3.25. The van der Waals surface area contributed by atoms with E-state index in [2.05, 4.69) is 16.2 Å². The highest BCUT2D eigenvalue weighted by atomic mass is 16.5. The molecule has 0 radical (unpaired) electrons. The van der Waals surface area contributed by atoms with Gasteiger partial charge in [0, 0.05) is 25.2 Å². The summed E-state index contributed by atoms with van der Waals surface area (Å²) >= 11 is 0. The highest BCUT2D eigenvalue weighted by Crippen LogP contribution is 2.21. The normalized spacial score (nSPS) is 18.4. The Bertz CT molecular complexity index is 609. The van der Waals surface area contributed by atoms with E-state index in [0.29, 0.717) is 23.2 Å². The fourth-order valence-corrected chi connectivity index (χ4v) is 2.18. The second-order valence-electron chi connectivity index (χ2n) is 4.64. The summed E-state index contributed by atoms with van der Waals surface area (Å²) < 4.78 is 10.6. The average Bonchev–Trinajstić information content (AvgIpc) is 3.11. The maximum absolute atomic E-state index is 8.87. The van der Waals surface area contributed by atoms with E-state index < -0.39 is 0 Å². The highest BCUT2D eigenvalue weighted by molar-refractivity contribution is 5.55. The molecule has 0 amide bonds. The predicted molar refractivity (Wildman–Crippen MR) is 67.1 cm³/mol. The zero-order valence-corrected chi connectivity index (χ0v) is 10.4. The molecule has 5 nitrogen and oxygen atoms in total. The molecule has 1 atom stereocenters. The molecule has 0 bridgehead atoms. The first kappa shape index (κ1) is 11.9. The monoisotopic (exact) mass is 255 g/mol. The summed E-state index contributed by atoms with van der Waals surface area (Å²) in [7, 11) is 0. The minimum atomic E-state index is 0.464. The molecule has 5 heteroatoms. The SMILES string of the molecule is N#Cc1cccc(-c2nc(CC3CCOC3)no2)c1. The van der Waals surface area contributed by atoms with Crippen LogP contribution in [0, 0.1) is 17.2 Å². The molecule has 1 saturated heterocycles. The summed E-state index contributed by atoms with van der Waals surface area (Å²) in [5, 5.41) is 12.9. The van der Waals surface area contributed by atoms with Crippen LogP contribution in [0.5, 0.6) is 0 Å². The molecular weight excluding hydrogens is 242 g/mol. The van der Waals surface area contributed by atoms with Crippen molar-refractivity contribution in [2.45, 2.75) is 12.8 Å². The molecule has 0 saturated carbocycles. The molecule has 96 valence electrons. The van der Waals surface area contributed by atoms with Gasteiger partial charge < -0.3 is 9.26 Å². The maximum atomic E-state index is 8.87. The molecule has 1 aliphatic heterocycles. The van der Waals surface area contributed by atoms with Gasteiger partial charge in [-0.1, -0.05) is 11.2 Å².